The standard InChI is InChI=1S/C19H24N2O2/c1-13-8-6-9-14(2)16(13)23-17-15(10-7-11-20-17)12-21-18(22)19(3,4)5/h6-11H,12H2,1-5H3,(H,21,22). The Balaban J connectivity index is 2.20. The lowest BCUT2D eigenvalue weighted by molar-refractivity contribution is -0.128. The van der Waals surface area contributed by atoms with Crippen LogP contribution in [0.25, 0.3) is 0 Å². The molecule has 2 rings (SSSR count). The molecule has 1 aromatic carbocycles. The molecule has 0 aliphatic heterocycles. The van der Waals surface area contributed by atoms with Gasteiger partial charge in [-0.2, -0.15) is 0 Å². The SMILES string of the molecule is Cc1cccc(C)c1Oc1ncccc1CNC(=O)C(C)(C)C. The molecule has 0 atom stereocenters. The normalized spacial score (nSPS) is 11.2. The molecule has 0 spiro atoms. The molecular formula is C19H24N2O2. The van der Waals surface area contributed by atoms with Crippen LogP contribution >= 0.6 is 0 Å². The van der Waals surface area contributed by atoms with Crippen molar-refractivity contribution in [3.63, 3.8) is 0 Å². The predicted molar refractivity (Wildman–Crippen MR) is 91.5 cm³/mol. The van der Waals surface area contributed by atoms with Gasteiger partial charge in [-0.15, -0.1) is 0 Å². The number of hydrogen-bond acceptors (Lipinski definition) is 3. The number of nitrogens with zero attached hydrogens (tertiary/aromatic N) is 1. The Labute approximate surface area is 137 Å². The molecule has 0 unspecified atom stereocenters. The Morgan fingerprint density at radius 1 is 1.13 bits per heavy atom. The Hall–Kier alpha value is -2.36. The van der Waals surface area contributed by atoms with E-state index < -0.39 is 5.41 Å². The number of aryl methyl sites for hydroxylation is 2. The van der Waals surface area contributed by atoms with Crippen molar-refractivity contribution in [2.45, 2.75) is 41.2 Å². The molecule has 0 saturated carbocycles. The molecule has 0 fully saturated rings. The smallest absolute Gasteiger partial charge is 0.225 e. The number of nitrogens with one attached hydrogen (secondary N) is 1. The van der Waals surface area contributed by atoms with Crippen molar-refractivity contribution in [1.82, 2.24) is 10.3 Å². The molecule has 1 amide bonds. The van der Waals surface area contributed by atoms with Gasteiger partial charge >= 0.3 is 0 Å². The van der Waals surface area contributed by atoms with Crippen molar-refractivity contribution >= 4 is 5.91 Å². The van der Waals surface area contributed by atoms with Crippen LogP contribution in [-0.2, 0) is 11.3 Å². The maximum Gasteiger partial charge on any atom is 0.225 e. The molecule has 1 aromatic heterocycles. The van der Waals surface area contributed by atoms with Gasteiger partial charge in [-0.1, -0.05) is 45.0 Å². The zero-order chi connectivity index (χ0) is 17.0. The summed E-state index contributed by atoms with van der Waals surface area (Å²) in [6, 6.07) is 9.77. The van der Waals surface area contributed by atoms with Gasteiger partial charge in [0, 0.05) is 23.7 Å². The van der Waals surface area contributed by atoms with E-state index in [-0.39, 0.29) is 5.91 Å². The van der Waals surface area contributed by atoms with Crippen LogP contribution in [0, 0.1) is 19.3 Å². The molecule has 0 radical (unpaired) electrons. The average molecular weight is 312 g/mol. The van der Waals surface area contributed by atoms with Crippen LogP contribution < -0.4 is 10.1 Å². The van der Waals surface area contributed by atoms with Gasteiger partial charge in [0.25, 0.3) is 0 Å². The predicted octanol–water partition coefficient (Wildman–Crippen LogP) is 4.15. The molecule has 4 heteroatoms. The van der Waals surface area contributed by atoms with Crippen LogP contribution in [0.3, 0.4) is 0 Å². The van der Waals surface area contributed by atoms with Crippen molar-refractivity contribution in [3.8, 4) is 11.6 Å². The van der Waals surface area contributed by atoms with Crippen LogP contribution in [-0.4, -0.2) is 10.9 Å². The number of carbonyl (C=O) groups excluding carboxylic acids is 1. The highest BCUT2D eigenvalue weighted by Gasteiger charge is 2.21. The van der Waals surface area contributed by atoms with Gasteiger partial charge in [-0.25, -0.2) is 4.98 Å². The highest BCUT2D eigenvalue weighted by Crippen LogP contribution is 2.29. The quantitative estimate of drug-likeness (QED) is 0.922. The molecule has 122 valence electrons. The van der Waals surface area contributed by atoms with E-state index in [0.29, 0.717) is 12.4 Å². The number of hydrogen-bond donors (Lipinski definition) is 1. The molecule has 0 bridgehead atoms. The van der Waals surface area contributed by atoms with Crippen molar-refractivity contribution in [2.75, 3.05) is 0 Å². The van der Waals surface area contributed by atoms with E-state index in [2.05, 4.69) is 10.3 Å². The summed E-state index contributed by atoms with van der Waals surface area (Å²) in [7, 11) is 0. The number of pyridine rings is 1. The van der Waals surface area contributed by atoms with Crippen LogP contribution in [0.2, 0.25) is 0 Å². The first kappa shape index (κ1) is 17.0. The van der Waals surface area contributed by atoms with Gasteiger partial charge in [0.1, 0.15) is 5.75 Å². The monoisotopic (exact) mass is 312 g/mol. The molecule has 2 aromatic rings. The maximum atomic E-state index is 12.0. The first-order chi connectivity index (χ1) is 10.8. The minimum atomic E-state index is -0.421. The third-order valence-electron chi connectivity index (χ3n) is 3.58. The van der Waals surface area contributed by atoms with E-state index in [1.54, 1.807) is 6.20 Å². The zero-order valence-electron chi connectivity index (χ0n) is 14.4. The van der Waals surface area contributed by atoms with E-state index in [0.717, 1.165) is 22.4 Å². The van der Waals surface area contributed by atoms with E-state index in [9.17, 15) is 4.79 Å². The molecule has 1 heterocycles. The fraction of sp³-hybridized carbons (Fsp3) is 0.368. The van der Waals surface area contributed by atoms with Gasteiger partial charge < -0.3 is 10.1 Å². The lowest BCUT2D eigenvalue weighted by Crippen LogP contribution is -2.34. The summed E-state index contributed by atoms with van der Waals surface area (Å²) in [6.45, 7) is 10.1. The molecule has 0 saturated heterocycles. The third kappa shape index (κ3) is 4.31. The van der Waals surface area contributed by atoms with Gasteiger partial charge in [0.15, 0.2) is 0 Å². The van der Waals surface area contributed by atoms with Crippen molar-refractivity contribution in [3.05, 3.63) is 53.2 Å². The Morgan fingerprint density at radius 2 is 1.78 bits per heavy atom. The van der Waals surface area contributed by atoms with Crippen LogP contribution in [0.4, 0.5) is 0 Å². The van der Waals surface area contributed by atoms with Crippen LogP contribution in [0.15, 0.2) is 36.5 Å². The fourth-order valence-electron chi connectivity index (χ4n) is 2.15. The number of carbonyl (C=O) groups is 1. The summed E-state index contributed by atoms with van der Waals surface area (Å²) in [4.78, 5) is 16.4. The highest BCUT2D eigenvalue weighted by atomic mass is 16.5. The summed E-state index contributed by atoms with van der Waals surface area (Å²) < 4.78 is 6.03. The first-order valence-electron chi connectivity index (χ1n) is 7.75. The lowest BCUT2D eigenvalue weighted by Gasteiger charge is -2.18. The number of para-hydroxylation sites is 1. The van der Waals surface area contributed by atoms with Gasteiger partial charge in [0.2, 0.25) is 11.8 Å². The van der Waals surface area contributed by atoms with Crippen LogP contribution in [0.1, 0.15) is 37.5 Å². The maximum absolute atomic E-state index is 12.0. The first-order valence-corrected chi connectivity index (χ1v) is 7.75. The minimum absolute atomic E-state index is 0.000578. The number of rotatable bonds is 4. The number of aromatic nitrogens is 1. The highest BCUT2D eigenvalue weighted by molar-refractivity contribution is 5.81. The number of benzene rings is 1. The second-order valence-corrected chi connectivity index (χ2v) is 6.72. The van der Waals surface area contributed by atoms with Crippen LogP contribution in [0.5, 0.6) is 11.6 Å². The topological polar surface area (TPSA) is 51.2 Å². The molecule has 23 heavy (non-hydrogen) atoms. The molecule has 4 nitrogen and oxygen atoms in total. The second kappa shape index (κ2) is 6.82. The van der Waals surface area contributed by atoms with E-state index >= 15 is 0 Å². The summed E-state index contributed by atoms with van der Waals surface area (Å²) in [5, 5.41) is 2.94. The fourth-order valence-corrected chi connectivity index (χ4v) is 2.15. The molecular weight excluding hydrogens is 288 g/mol. The Bertz CT molecular complexity index is 683. The van der Waals surface area contributed by atoms with Crippen molar-refractivity contribution in [1.29, 1.82) is 0 Å². The van der Waals surface area contributed by atoms with Gasteiger partial charge in [-0.3, -0.25) is 4.79 Å². The molecule has 0 aliphatic carbocycles. The Morgan fingerprint density at radius 3 is 2.39 bits per heavy atom. The average Bonchev–Trinajstić information content (AvgIpc) is 2.48. The summed E-state index contributed by atoms with van der Waals surface area (Å²) in [5.41, 5.74) is 2.55. The number of amides is 1. The molecule has 1 N–H and O–H groups in total. The van der Waals surface area contributed by atoms with E-state index in [4.69, 9.17) is 4.74 Å². The largest absolute Gasteiger partial charge is 0.438 e. The lowest BCUT2D eigenvalue weighted by atomic mass is 9.95. The summed E-state index contributed by atoms with van der Waals surface area (Å²) >= 11 is 0. The second-order valence-electron chi connectivity index (χ2n) is 6.72. The zero-order valence-corrected chi connectivity index (χ0v) is 14.4. The van der Waals surface area contributed by atoms with Gasteiger partial charge in [0.05, 0.1) is 0 Å². The van der Waals surface area contributed by atoms with E-state index in [1.165, 1.54) is 0 Å². The summed E-state index contributed by atoms with van der Waals surface area (Å²) in [5.74, 6) is 1.34. The van der Waals surface area contributed by atoms with Crippen molar-refractivity contribution < 1.29 is 9.53 Å². The van der Waals surface area contributed by atoms with E-state index in [1.807, 2.05) is 65.0 Å². The number of ether oxygens (including phenoxy) is 1. The minimum Gasteiger partial charge on any atom is -0.438 e. The summed E-state index contributed by atoms with van der Waals surface area (Å²) in [6.07, 6.45) is 1.69. The Kier molecular flexibility index (Phi) is 5.04. The molecule has 0 aliphatic rings. The van der Waals surface area contributed by atoms with Gasteiger partial charge in [-0.05, 0) is 31.0 Å². The van der Waals surface area contributed by atoms with Crippen molar-refractivity contribution in [2.24, 2.45) is 5.41 Å². The third-order valence-corrected chi connectivity index (χ3v) is 3.58.